The topological polar surface area (TPSA) is 110 Å². The highest BCUT2D eigenvalue weighted by Gasteiger charge is 2.29. The van der Waals surface area contributed by atoms with Crippen molar-refractivity contribution >= 4 is 50.9 Å². The first-order chi connectivity index (χ1) is 12.6. The Hall–Kier alpha value is -2.33. The van der Waals surface area contributed by atoms with Crippen LogP contribution < -0.4 is 4.90 Å². The molecule has 2 rings (SSSR count). The molecule has 0 atom stereocenters. The summed E-state index contributed by atoms with van der Waals surface area (Å²) in [4.78, 5) is 25.0. The summed E-state index contributed by atoms with van der Waals surface area (Å²) in [6.45, 7) is 0. The Morgan fingerprint density at radius 3 is 2.22 bits per heavy atom. The Morgan fingerprint density at radius 2 is 1.67 bits per heavy atom. The van der Waals surface area contributed by atoms with Gasteiger partial charge in [0.25, 0.3) is 10.1 Å². The minimum Gasteiger partial charge on any atom is -0.465 e. The number of rotatable bonds is 4. The maximum atomic E-state index is 12.3. The van der Waals surface area contributed by atoms with Crippen molar-refractivity contribution in [2.75, 3.05) is 19.1 Å². The number of esters is 2. The van der Waals surface area contributed by atoms with Crippen molar-refractivity contribution in [3.63, 3.8) is 0 Å². The molecule has 1 N–H and O–H groups in total. The molecule has 0 aliphatic carbocycles. The number of carbonyl (C=O) groups is 2. The number of hydrogen-bond acceptors (Lipinski definition) is 7. The van der Waals surface area contributed by atoms with Crippen LogP contribution in [0.2, 0.25) is 10.0 Å². The summed E-state index contributed by atoms with van der Waals surface area (Å²) >= 11 is 12.1. The summed E-state index contributed by atoms with van der Waals surface area (Å²) in [5, 5.41) is -0.504. The molecule has 1 aliphatic heterocycles. The van der Waals surface area contributed by atoms with Gasteiger partial charge >= 0.3 is 11.9 Å². The number of anilines is 1. The van der Waals surface area contributed by atoms with Crippen LogP contribution >= 0.6 is 23.2 Å². The van der Waals surface area contributed by atoms with Crippen LogP contribution in [0.3, 0.4) is 0 Å². The van der Waals surface area contributed by atoms with E-state index < -0.39 is 27.0 Å². The van der Waals surface area contributed by atoms with E-state index in [0.29, 0.717) is 0 Å². The Bertz CT molecular complexity index is 996. The number of hydrogen-bond donors (Lipinski definition) is 1. The fourth-order valence-corrected chi connectivity index (χ4v) is 3.59. The fourth-order valence-electron chi connectivity index (χ4n) is 2.25. The van der Waals surface area contributed by atoms with E-state index in [0.717, 1.165) is 26.4 Å². The molecule has 8 nitrogen and oxygen atoms in total. The first-order valence-electron chi connectivity index (χ1n) is 7.13. The first-order valence-corrected chi connectivity index (χ1v) is 9.33. The molecule has 144 valence electrons. The monoisotopic (exact) mass is 433 g/mol. The van der Waals surface area contributed by atoms with Gasteiger partial charge in [-0.2, -0.15) is 8.42 Å². The first kappa shape index (κ1) is 21.0. The number of halogens is 2. The highest BCUT2D eigenvalue weighted by atomic mass is 35.5. The highest BCUT2D eigenvalue weighted by molar-refractivity contribution is 7.86. The number of ether oxygens (including phenoxy) is 2. The van der Waals surface area contributed by atoms with Gasteiger partial charge in [-0.3, -0.25) is 4.55 Å². The second-order valence-electron chi connectivity index (χ2n) is 5.03. The minimum atomic E-state index is -4.62. The minimum absolute atomic E-state index is 0.0656. The van der Waals surface area contributed by atoms with Crippen LogP contribution in [-0.4, -0.2) is 39.1 Å². The van der Waals surface area contributed by atoms with Crippen LogP contribution in [-0.2, 0) is 29.2 Å². The number of methoxy groups -OCH3 is 2. The molecule has 27 heavy (non-hydrogen) atoms. The Balaban J connectivity index is 2.77. The SMILES string of the molecule is COC(=O)C1=C(C(=O)OC)N(c2cc(Cl)c(S(=O)(=O)O)cc2Cl)C=CC=C1. The van der Waals surface area contributed by atoms with E-state index in [2.05, 4.69) is 0 Å². The molecule has 0 saturated carbocycles. The number of nitrogens with zero attached hydrogens (tertiary/aromatic N) is 1. The van der Waals surface area contributed by atoms with E-state index in [1.807, 2.05) is 0 Å². The zero-order chi connectivity index (χ0) is 20.4. The van der Waals surface area contributed by atoms with Crippen LogP contribution in [0.5, 0.6) is 0 Å². The molecule has 0 unspecified atom stereocenters. The van der Waals surface area contributed by atoms with Crippen molar-refractivity contribution in [3.8, 4) is 0 Å². The van der Waals surface area contributed by atoms with Gasteiger partial charge in [0.1, 0.15) is 10.6 Å². The fraction of sp³-hybridized carbons (Fsp3) is 0.125. The third-order valence-corrected chi connectivity index (χ3v) is 5.05. The van der Waals surface area contributed by atoms with Gasteiger partial charge in [0.2, 0.25) is 0 Å². The van der Waals surface area contributed by atoms with E-state index in [1.165, 1.54) is 29.3 Å². The van der Waals surface area contributed by atoms with Gasteiger partial charge in [0.15, 0.2) is 0 Å². The predicted molar refractivity (Wildman–Crippen MR) is 98.1 cm³/mol. The smallest absolute Gasteiger partial charge is 0.355 e. The van der Waals surface area contributed by atoms with Crippen molar-refractivity contribution in [2.24, 2.45) is 0 Å². The number of allylic oxidation sites excluding steroid dienone is 2. The highest BCUT2D eigenvalue weighted by Crippen LogP contribution is 2.37. The molecule has 0 aromatic heterocycles. The van der Waals surface area contributed by atoms with Crippen molar-refractivity contribution in [3.05, 3.63) is 57.9 Å². The van der Waals surface area contributed by atoms with Gasteiger partial charge in [0.05, 0.1) is 35.5 Å². The lowest BCUT2D eigenvalue weighted by atomic mass is 10.1. The predicted octanol–water partition coefficient (Wildman–Crippen LogP) is 2.73. The van der Waals surface area contributed by atoms with E-state index in [4.69, 9.17) is 32.7 Å². The van der Waals surface area contributed by atoms with E-state index in [9.17, 15) is 22.6 Å². The molecule has 0 fully saturated rings. The number of benzene rings is 1. The lowest BCUT2D eigenvalue weighted by molar-refractivity contribution is -0.139. The third kappa shape index (κ3) is 4.33. The Labute approximate surface area is 165 Å². The summed E-state index contributed by atoms with van der Waals surface area (Å²) in [7, 11) is -2.35. The summed E-state index contributed by atoms with van der Waals surface area (Å²) in [6, 6.07) is 2.05. The van der Waals surface area contributed by atoms with E-state index in [-0.39, 0.29) is 27.0 Å². The zero-order valence-corrected chi connectivity index (χ0v) is 16.3. The second kappa shape index (κ2) is 8.13. The molecule has 0 radical (unpaired) electrons. The van der Waals surface area contributed by atoms with Crippen molar-refractivity contribution in [2.45, 2.75) is 4.90 Å². The van der Waals surface area contributed by atoms with Gasteiger partial charge in [0, 0.05) is 6.20 Å². The van der Waals surface area contributed by atoms with Crippen LogP contribution in [0.1, 0.15) is 0 Å². The van der Waals surface area contributed by atoms with Crippen LogP contribution in [0, 0.1) is 0 Å². The molecule has 0 amide bonds. The van der Waals surface area contributed by atoms with Gasteiger partial charge < -0.3 is 14.4 Å². The van der Waals surface area contributed by atoms with Gasteiger partial charge in [-0.05, 0) is 24.3 Å². The maximum absolute atomic E-state index is 12.3. The van der Waals surface area contributed by atoms with Crippen molar-refractivity contribution in [1.82, 2.24) is 0 Å². The molecular weight excluding hydrogens is 421 g/mol. The van der Waals surface area contributed by atoms with Crippen molar-refractivity contribution in [1.29, 1.82) is 0 Å². The Kier molecular flexibility index (Phi) is 6.32. The van der Waals surface area contributed by atoms with Gasteiger partial charge in [-0.15, -0.1) is 0 Å². The second-order valence-corrected chi connectivity index (χ2v) is 7.23. The molecule has 0 saturated heterocycles. The van der Waals surface area contributed by atoms with Crippen LogP contribution in [0.15, 0.2) is 52.7 Å². The van der Waals surface area contributed by atoms with Gasteiger partial charge in [-0.1, -0.05) is 29.3 Å². The third-order valence-electron chi connectivity index (χ3n) is 3.43. The largest absolute Gasteiger partial charge is 0.465 e. The number of carbonyl (C=O) groups excluding carboxylic acids is 2. The molecule has 0 bridgehead atoms. The normalized spacial score (nSPS) is 14.2. The Morgan fingerprint density at radius 1 is 1.04 bits per heavy atom. The zero-order valence-electron chi connectivity index (χ0n) is 14.0. The molecule has 0 spiro atoms. The van der Waals surface area contributed by atoms with E-state index >= 15 is 0 Å². The van der Waals surface area contributed by atoms with Gasteiger partial charge in [-0.25, -0.2) is 9.59 Å². The quantitative estimate of drug-likeness (QED) is 0.569. The van der Waals surface area contributed by atoms with E-state index in [1.54, 1.807) is 0 Å². The molecular formula is C16H13Cl2NO7S. The standard InChI is InChI=1S/C16H13Cl2NO7S/c1-25-15(20)9-5-3-4-6-19(14(9)16(21)26-2)12-7-11(18)13(8-10(12)17)27(22,23)24/h3-8H,1-2H3,(H,22,23,24). The summed E-state index contributed by atoms with van der Waals surface area (Å²) < 4.78 is 41.4. The lowest BCUT2D eigenvalue weighted by Gasteiger charge is -2.24. The maximum Gasteiger partial charge on any atom is 0.355 e. The molecule has 1 aliphatic rings. The van der Waals surface area contributed by atoms with Crippen molar-refractivity contribution < 1.29 is 32.0 Å². The summed E-state index contributed by atoms with van der Waals surface area (Å²) in [5.41, 5.74) is -0.289. The summed E-state index contributed by atoms with van der Waals surface area (Å²) in [5.74, 6) is -1.69. The average molecular weight is 434 g/mol. The molecule has 11 heteroatoms. The summed E-state index contributed by atoms with van der Waals surface area (Å²) in [6.07, 6.45) is 5.72. The molecule has 1 heterocycles. The molecule has 1 aromatic carbocycles. The lowest BCUT2D eigenvalue weighted by Crippen LogP contribution is -2.27. The van der Waals surface area contributed by atoms with Crippen LogP contribution in [0.4, 0.5) is 5.69 Å². The molecule has 1 aromatic rings. The van der Waals surface area contributed by atoms with Crippen LogP contribution in [0.25, 0.3) is 0 Å². The average Bonchev–Trinajstić information content (AvgIpc) is 2.83.